The SMILES string of the molecule is O=C(Cc1ccc(O)cc1)N/N=C\c1c(Cl)cccc1Cl. The Balaban J connectivity index is 1.95. The maximum atomic E-state index is 11.7. The number of rotatable bonds is 4. The zero-order valence-corrected chi connectivity index (χ0v) is 12.4. The predicted molar refractivity (Wildman–Crippen MR) is 84.0 cm³/mol. The minimum Gasteiger partial charge on any atom is -0.508 e. The number of hydrogen-bond acceptors (Lipinski definition) is 3. The van der Waals surface area contributed by atoms with Crippen molar-refractivity contribution >= 4 is 35.3 Å². The lowest BCUT2D eigenvalue weighted by Gasteiger charge is -2.02. The van der Waals surface area contributed by atoms with Gasteiger partial charge in [-0.25, -0.2) is 5.43 Å². The number of phenols is 1. The van der Waals surface area contributed by atoms with Gasteiger partial charge in [0.2, 0.25) is 5.91 Å². The lowest BCUT2D eigenvalue weighted by molar-refractivity contribution is -0.120. The first-order chi connectivity index (χ1) is 10.1. The standard InChI is InChI=1S/C15H12Cl2N2O2/c16-13-2-1-3-14(17)12(13)9-18-19-15(21)8-10-4-6-11(20)7-5-10/h1-7,9,20H,8H2,(H,19,21)/b18-9-. The van der Waals surface area contributed by atoms with Gasteiger partial charge >= 0.3 is 0 Å². The van der Waals surface area contributed by atoms with Crippen molar-refractivity contribution in [3.63, 3.8) is 0 Å². The Bertz CT molecular complexity index is 650. The highest BCUT2D eigenvalue weighted by Gasteiger charge is 2.04. The maximum Gasteiger partial charge on any atom is 0.244 e. The first-order valence-electron chi connectivity index (χ1n) is 6.10. The molecule has 2 aromatic carbocycles. The lowest BCUT2D eigenvalue weighted by Crippen LogP contribution is -2.19. The van der Waals surface area contributed by atoms with E-state index >= 15 is 0 Å². The van der Waals surface area contributed by atoms with E-state index in [1.807, 2.05) is 0 Å². The van der Waals surface area contributed by atoms with Crippen molar-refractivity contribution in [3.05, 3.63) is 63.6 Å². The summed E-state index contributed by atoms with van der Waals surface area (Å²) in [6.07, 6.45) is 1.56. The second-order valence-corrected chi connectivity index (χ2v) is 5.09. The number of aromatic hydroxyl groups is 1. The molecule has 0 aromatic heterocycles. The summed E-state index contributed by atoms with van der Waals surface area (Å²) in [5, 5.41) is 13.9. The van der Waals surface area contributed by atoms with Crippen molar-refractivity contribution in [1.82, 2.24) is 5.43 Å². The molecule has 0 atom stereocenters. The van der Waals surface area contributed by atoms with Crippen LogP contribution in [0.25, 0.3) is 0 Å². The van der Waals surface area contributed by atoms with Crippen LogP contribution in [0.5, 0.6) is 5.75 Å². The summed E-state index contributed by atoms with van der Waals surface area (Å²) < 4.78 is 0. The van der Waals surface area contributed by atoms with Crippen molar-refractivity contribution in [2.45, 2.75) is 6.42 Å². The lowest BCUT2D eigenvalue weighted by atomic mass is 10.1. The van der Waals surface area contributed by atoms with Crippen LogP contribution in [0, 0.1) is 0 Å². The molecule has 2 N–H and O–H groups in total. The largest absolute Gasteiger partial charge is 0.508 e. The van der Waals surface area contributed by atoms with E-state index in [4.69, 9.17) is 28.3 Å². The van der Waals surface area contributed by atoms with E-state index in [0.717, 1.165) is 5.56 Å². The molecule has 0 aliphatic carbocycles. The van der Waals surface area contributed by atoms with Crippen LogP contribution >= 0.6 is 23.2 Å². The van der Waals surface area contributed by atoms with Crippen molar-refractivity contribution in [1.29, 1.82) is 0 Å². The zero-order valence-electron chi connectivity index (χ0n) is 10.9. The van der Waals surface area contributed by atoms with Gasteiger partial charge in [-0.2, -0.15) is 5.10 Å². The maximum absolute atomic E-state index is 11.7. The molecule has 108 valence electrons. The minimum absolute atomic E-state index is 0.158. The van der Waals surface area contributed by atoms with Gasteiger partial charge in [-0.3, -0.25) is 4.79 Å². The highest BCUT2D eigenvalue weighted by molar-refractivity contribution is 6.38. The van der Waals surface area contributed by atoms with Crippen LogP contribution < -0.4 is 5.43 Å². The van der Waals surface area contributed by atoms with Gasteiger partial charge in [-0.05, 0) is 29.8 Å². The number of hydrogen-bond donors (Lipinski definition) is 2. The van der Waals surface area contributed by atoms with Crippen LogP contribution in [-0.2, 0) is 11.2 Å². The van der Waals surface area contributed by atoms with E-state index in [1.165, 1.54) is 18.3 Å². The molecular formula is C15H12Cl2N2O2. The number of phenolic OH excluding ortho intramolecular Hbond substituents is 1. The third-order valence-corrected chi connectivity index (χ3v) is 3.34. The first kappa shape index (κ1) is 15.4. The molecule has 2 aromatic rings. The summed E-state index contributed by atoms with van der Waals surface area (Å²) in [5.74, 6) is -0.120. The molecule has 0 bridgehead atoms. The molecule has 0 aliphatic heterocycles. The smallest absolute Gasteiger partial charge is 0.244 e. The van der Waals surface area contributed by atoms with Gasteiger partial charge in [0, 0.05) is 5.56 Å². The first-order valence-corrected chi connectivity index (χ1v) is 6.85. The van der Waals surface area contributed by atoms with Crippen LogP contribution in [0.2, 0.25) is 10.0 Å². The number of carbonyl (C=O) groups excluding carboxylic acids is 1. The highest BCUT2D eigenvalue weighted by atomic mass is 35.5. The topological polar surface area (TPSA) is 61.7 Å². The Morgan fingerprint density at radius 2 is 1.76 bits per heavy atom. The van der Waals surface area contributed by atoms with Crippen molar-refractivity contribution in [3.8, 4) is 5.75 Å². The fraction of sp³-hybridized carbons (Fsp3) is 0.0667. The monoisotopic (exact) mass is 322 g/mol. The second-order valence-electron chi connectivity index (χ2n) is 4.27. The van der Waals surface area contributed by atoms with Crippen LogP contribution in [0.1, 0.15) is 11.1 Å². The van der Waals surface area contributed by atoms with E-state index < -0.39 is 0 Å². The third-order valence-electron chi connectivity index (χ3n) is 2.68. The summed E-state index contributed by atoms with van der Waals surface area (Å²) in [6, 6.07) is 11.5. The minimum atomic E-state index is -0.278. The van der Waals surface area contributed by atoms with Gasteiger partial charge in [0.1, 0.15) is 5.75 Å². The van der Waals surface area contributed by atoms with Gasteiger partial charge in [0.05, 0.1) is 22.7 Å². The molecule has 21 heavy (non-hydrogen) atoms. The molecule has 6 heteroatoms. The average Bonchev–Trinajstić information content (AvgIpc) is 2.45. The number of amides is 1. The van der Waals surface area contributed by atoms with Gasteiger partial charge in [0.15, 0.2) is 0 Å². The molecule has 0 unspecified atom stereocenters. The number of nitrogens with zero attached hydrogens (tertiary/aromatic N) is 1. The fourth-order valence-corrected chi connectivity index (χ4v) is 2.14. The van der Waals surface area contributed by atoms with E-state index in [0.29, 0.717) is 15.6 Å². The number of carbonyl (C=O) groups is 1. The van der Waals surface area contributed by atoms with Gasteiger partial charge in [0.25, 0.3) is 0 Å². The quantitative estimate of drug-likeness (QED) is 0.669. The van der Waals surface area contributed by atoms with Crippen molar-refractivity contribution in [2.75, 3.05) is 0 Å². The summed E-state index contributed by atoms with van der Waals surface area (Å²) in [7, 11) is 0. The molecule has 0 saturated carbocycles. The van der Waals surface area contributed by atoms with Crippen LogP contribution in [-0.4, -0.2) is 17.2 Å². The van der Waals surface area contributed by atoms with E-state index in [9.17, 15) is 4.79 Å². The van der Waals surface area contributed by atoms with Crippen LogP contribution in [0.4, 0.5) is 0 Å². The van der Waals surface area contributed by atoms with Gasteiger partial charge in [-0.1, -0.05) is 41.4 Å². The Morgan fingerprint density at radius 1 is 1.14 bits per heavy atom. The molecular weight excluding hydrogens is 311 g/mol. The second kappa shape index (κ2) is 7.11. The fourth-order valence-electron chi connectivity index (χ4n) is 1.64. The van der Waals surface area contributed by atoms with E-state index in [1.54, 1.807) is 30.3 Å². The molecule has 1 amide bonds. The summed E-state index contributed by atoms with van der Waals surface area (Å²) in [6.45, 7) is 0. The summed E-state index contributed by atoms with van der Waals surface area (Å²) in [5.41, 5.74) is 3.72. The van der Waals surface area contributed by atoms with Crippen molar-refractivity contribution < 1.29 is 9.90 Å². The van der Waals surface area contributed by atoms with Gasteiger partial charge in [-0.15, -0.1) is 0 Å². The molecule has 0 aliphatic rings. The molecule has 0 heterocycles. The molecule has 4 nitrogen and oxygen atoms in total. The van der Waals surface area contributed by atoms with Gasteiger partial charge < -0.3 is 5.11 Å². The molecule has 0 spiro atoms. The Labute approximate surface area is 132 Å². The third kappa shape index (κ3) is 4.48. The molecule has 0 radical (unpaired) electrons. The Morgan fingerprint density at radius 3 is 2.38 bits per heavy atom. The Hall–Kier alpha value is -2.04. The Kier molecular flexibility index (Phi) is 5.20. The van der Waals surface area contributed by atoms with Crippen LogP contribution in [0.15, 0.2) is 47.6 Å². The zero-order chi connectivity index (χ0) is 15.2. The highest BCUT2D eigenvalue weighted by Crippen LogP contribution is 2.21. The average molecular weight is 323 g/mol. The number of halogens is 2. The summed E-state index contributed by atoms with van der Waals surface area (Å²) in [4.78, 5) is 11.7. The number of nitrogens with one attached hydrogen (secondary N) is 1. The predicted octanol–water partition coefficient (Wildman–Crippen LogP) is 3.39. The normalized spacial score (nSPS) is 10.8. The van der Waals surface area contributed by atoms with E-state index in [-0.39, 0.29) is 18.1 Å². The van der Waals surface area contributed by atoms with E-state index in [2.05, 4.69) is 10.5 Å². The van der Waals surface area contributed by atoms with Crippen molar-refractivity contribution in [2.24, 2.45) is 5.10 Å². The molecule has 0 saturated heterocycles. The number of hydrazone groups is 1. The molecule has 2 rings (SSSR count). The summed E-state index contributed by atoms with van der Waals surface area (Å²) >= 11 is 12.0. The molecule has 0 fully saturated rings. The van der Waals surface area contributed by atoms with Crippen LogP contribution in [0.3, 0.4) is 0 Å². The number of benzene rings is 2.